The number of nitrogens with zero attached hydrogens (tertiary/aromatic N) is 1. The summed E-state index contributed by atoms with van der Waals surface area (Å²) >= 11 is 0. The Kier molecular flexibility index (Phi) is 3.80. The summed E-state index contributed by atoms with van der Waals surface area (Å²) in [6, 6.07) is 5.22. The highest BCUT2D eigenvalue weighted by Crippen LogP contribution is 2.23. The van der Waals surface area contributed by atoms with Crippen LogP contribution in [0.25, 0.3) is 0 Å². The number of aryl methyl sites for hydroxylation is 1. The lowest BCUT2D eigenvalue weighted by Crippen LogP contribution is -2.16. The van der Waals surface area contributed by atoms with Crippen LogP contribution < -0.4 is 5.73 Å². The van der Waals surface area contributed by atoms with E-state index in [0.29, 0.717) is 6.42 Å². The molecule has 0 unspecified atom stereocenters. The molecule has 1 aromatic rings. The first-order valence-corrected chi connectivity index (χ1v) is 5.01. The third kappa shape index (κ3) is 3.02. The zero-order valence-corrected chi connectivity index (χ0v) is 9.06. The van der Waals surface area contributed by atoms with Gasteiger partial charge in [-0.25, -0.2) is 0 Å². The van der Waals surface area contributed by atoms with Crippen LogP contribution in [0.5, 0.6) is 0 Å². The van der Waals surface area contributed by atoms with Gasteiger partial charge in [-0.1, -0.05) is 12.1 Å². The monoisotopic (exact) mass is 208 g/mol. The van der Waals surface area contributed by atoms with Crippen LogP contribution in [-0.4, -0.2) is 11.0 Å². The summed E-state index contributed by atoms with van der Waals surface area (Å²) in [4.78, 5) is 10.5. The van der Waals surface area contributed by atoms with Crippen molar-refractivity contribution in [2.45, 2.75) is 32.7 Å². The summed E-state index contributed by atoms with van der Waals surface area (Å²) in [5.74, 6) is 0. The van der Waals surface area contributed by atoms with Gasteiger partial charge in [0.25, 0.3) is 5.69 Å². The lowest BCUT2D eigenvalue weighted by atomic mass is 10.00. The molecule has 0 heterocycles. The van der Waals surface area contributed by atoms with Crippen molar-refractivity contribution in [3.05, 3.63) is 39.4 Å². The molecule has 0 aliphatic heterocycles. The van der Waals surface area contributed by atoms with E-state index in [1.54, 1.807) is 12.1 Å². The molecule has 0 spiro atoms. The van der Waals surface area contributed by atoms with Gasteiger partial charge in [-0.3, -0.25) is 10.1 Å². The molecule has 2 N–H and O–H groups in total. The Labute approximate surface area is 89.2 Å². The van der Waals surface area contributed by atoms with E-state index in [-0.39, 0.29) is 16.7 Å². The number of rotatable bonds is 4. The van der Waals surface area contributed by atoms with Crippen molar-refractivity contribution in [3.63, 3.8) is 0 Å². The molecule has 82 valence electrons. The first kappa shape index (κ1) is 11.7. The van der Waals surface area contributed by atoms with E-state index in [2.05, 4.69) is 0 Å². The van der Waals surface area contributed by atoms with Crippen LogP contribution >= 0.6 is 0 Å². The van der Waals surface area contributed by atoms with Gasteiger partial charge in [0.05, 0.1) is 4.92 Å². The fraction of sp³-hybridized carbons (Fsp3) is 0.455. The molecule has 1 aromatic carbocycles. The second kappa shape index (κ2) is 4.89. The molecule has 1 atom stereocenters. The molecule has 1 rings (SSSR count). The molecule has 0 amide bonds. The highest BCUT2D eigenvalue weighted by Gasteiger charge is 2.15. The Morgan fingerprint density at radius 1 is 1.53 bits per heavy atom. The normalized spacial score (nSPS) is 12.5. The topological polar surface area (TPSA) is 69.2 Å². The van der Waals surface area contributed by atoms with E-state index in [9.17, 15) is 10.1 Å². The van der Waals surface area contributed by atoms with Crippen molar-refractivity contribution < 1.29 is 4.92 Å². The van der Waals surface area contributed by atoms with Crippen molar-refractivity contribution in [1.82, 2.24) is 0 Å². The van der Waals surface area contributed by atoms with Crippen molar-refractivity contribution in [3.8, 4) is 0 Å². The predicted octanol–water partition coefficient (Wildman–Crippen LogP) is 2.18. The Bertz CT molecular complexity index is 362. The second-order valence-corrected chi connectivity index (χ2v) is 3.85. The predicted molar refractivity (Wildman–Crippen MR) is 59.8 cm³/mol. The third-order valence-electron chi connectivity index (χ3n) is 2.43. The maximum Gasteiger partial charge on any atom is 0.272 e. The molecule has 0 saturated carbocycles. The van der Waals surface area contributed by atoms with Gasteiger partial charge in [0.2, 0.25) is 0 Å². The Hall–Kier alpha value is -1.42. The maximum atomic E-state index is 10.8. The van der Waals surface area contributed by atoms with E-state index < -0.39 is 0 Å². The summed E-state index contributed by atoms with van der Waals surface area (Å²) in [5, 5.41) is 10.8. The van der Waals surface area contributed by atoms with Gasteiger partial charge >= 0.3 is 0 Å². The summed E-state index contributed by atoms with van der Waals surface area (Å²) in [7, 11) is 0. The van der Waals surface area contributed by atoms with E-state index in [0.717, 1.165) is 17.5 Å². The van der Waals surface area contributed by atoms with Crippen molar-refractivity contribution >= 4 is 5.69 Å². The van der Waals surface area contributed by atoms with Gasteiger partial charge in [-0.15, -0.1) is 0 Å². The third-order valence-corrected chi connectivity index (χ3v) is 2.43. The number of nitro groups is 1. The van der Waals surface area contributed by atoms with Crippen molar-refractivity contribution in [2.24, 2.45) is 5.73 Å². The molecule has 0 saturated heterocycles. The number of nitro benzene ring substituents is 1. The lowest BCUT2D eigenvalue weighted by molar-refractivity contribution is -0.385. The van der Waals surface area contributed by atoms with Gasteiger partial charge in [0.15, 0.2) is 0 Å². The molecule has 4 nitrogen and oxygen atoms in total. The molecule has 0 radical (unpaired) electrons. The van der Waals surface area contributed by atoms with Gasteiger partial charge in [0, 0.05) is 17.7 Å². The van der Waals surface area contributed by atoms with Crippen LogP contribution in [0.3, 0.4) is 0 Å². The summed E-state index contributed by atoms with van der Waals surface area (Å²) in [6.07, 6.45) is 1.44. The molecule has 0 bridgehead atoms. The Morgan fingerprint density at radius 2 is 2.20 bits per heavy atom. The first-order valence-electron chi connectivity index (χ1n) is 5.01. The van der Waals surface area contributed by atoms with Crippen LogP contribution in [0.4, 0.5) is 5.69 Å². The summed E-state index contributed by atoms with van der Waals surface area (Å²) < 4.78 is 0. The maximum absolute atomic E-state index is 10.8. The molecule has 15 heavy (non-hydrogen) atoms. The first-order chi connectivity index (χ1) is 7.02. The van der Waals surface area contributed by atoms with Crippen LogP contribution in [0.2, 0.25) is 0 Å². The van der Waals surface area contributed by atoms with E-state index in [1.165, 1.54) is 0 Å². The summed E-state index contributed by atoms with van der Waals surface area (Å²) in [5.41, 5.74) is 7.62. The van der Waals surface area contributed by atoms with Gasteiger partial charge in [0.1, 0.15) is 0 Å². The zero-order valence-electron chi connectivity index (χ0n) is 9.06. The van der Waals surface area contributed by atoms with Crippen molar-refractivity contribution in [2.75, 3.05) is 0 Å². The van der Waals surface area contributed by atoms with Crippen LogP contribution in [-0.2, 0) is 6.42 Å². The van der Waals surface area contributed by atoms with Crippen LogP contribution in [0, 0.1) is 17.0 Å². The minimum absolute atomic E-state index is 0.0733. The quantitative estimate of drug-likeness (QED) is 0.609. The largest absolute Gasteiger partial charge is 0.328 e. The minimum Gasteiger partial charge on any atom is -0.328 e. The molecule has 4 heteroatoms. The molecular formula is C11H16N2O2. The molecule has 0 aromatic heterocycles. The Morgan fingerprint density at radius 3 is 2.73 bits per heavy atom. The van der Waals surface area contributed by atoms with E-state index >= 15 is 0 Å². The molecular weight excluding hydrogens is 192 g/mol. The number of benzene rings is 1. The highest BCUT2D eigenvalue weighted by atomic mass is 16.6. The summed E-state index contributed by atoms with van der Waals surface area (Å²) in [6.45, 7) is 3.80. The zero-order chi connectivity index (χ0) is 11.4. The van der Waals surface area contributed by atoms with Crippen molar-refractivity contribution in [1.29, 1.82) is 0 Å². The molecule has 0 aliphatic rings. The average Bonchev–Trinajstić information content (AvgIpc) is 2.15. The lowest BCUT2D eigenvalue weighted by Gasteiger charge is -2.08. The number of nitrogens with two attached hydrogens (primary N) is 1. The smallest absolute Gasteiger partial charge is 0.272 e. The molecule has 0 fully saturated rings. The number of hydrogen-bond donors (Lipinski definition) is 1. The van der Waals surface area contributed by atoms with E-state index in [4.69, 9.17) is 5.73 Å². The van der Waals surface area contributed by atoms with Gasteiger partial charge in [-0.2, -0.15) is 0 Å². The fourth-order valence-electron chi connectivity index (χ4n) is 1.56. The average molecular weight is 208 g/mol. The standard InChI is InChI=1S/C11H16N2O2/c1-8-4-3-5-11(13(14)15)10(8)7-6-9(2)12/h3-5,9H,6-7,12H2,1-2H3/t9-/m0/s1. The Balaban J connectivity index is 2.97. The van der Waals surface area contributed by atoms with Gasteiger partial charge < -0.3 is 5.73 Å². The van der Waals surface area contributed by atoms with Crippen LogP contribution in [0.1, 0.15) is 24.5 Å². The van der Waals surface area contributed by atoms with E-state index in [1.807, 2.05) is 19.9 Å². The van der Waals surface area contributed by atoms with Gasteiger partial charge in [-0.05, 0) is 32.3 Å². The fourth-order valence-corrected chi connectivity index (χ4v) is 1.56. The second-order valence-electron chi connectivity index (χ2n) is 3.85. The highest BCUT2D eigenvalue weighted by molar-refractivity contribution is 5.45. The molecule has 0 aliphatic carbocycles. The van der Waals surface area contributed by atoms with Crippen LogP contribution in [0.15, 0.2) is 18.2 Å². The SMILES string of the molecule is Cc1cccc([N+](=O)[O-])c1CC[C@H](C)N. The minimum atomic E-state index is -0.330. The number of hydrogen-bond acceptors (Lipinski definition) is 3.